The molecule has 1 N–H and O–H groups in total. The maximum Gasteiger partial charge on any atom is 0.193 e. The lowest BCUT2D eigenvalue weighted by molar-refractivity contribution is -0.0772. The summed E-state index contributed by atoms with van der Waals surface area (Å²) in [6.07, 6.45) is 3.50. The molecule has 2 aliphatic heterocycles. The Morgan fingerprint density at radius 1 is 1.21 bits per heavy atom. The number of halogens is 1. The van der Waals surface area contributed by atoms with E-state index in [9.17, 15) is 0 Å². The molecule has 0 aliphatic carbocycles. The topological polar surface area (TPSA) is 46.1 Å². The molecule has 0 spiro atoms. The van der Waals surface area contributed by atoms with Gasteiger partial charge in [-0.3, -0.25) is 4.99 Å². The van der Waals surface area contributed by atoms with E-state index in [1.807, 2.05) is 6.07 Å². The number of fused-ring (bicyclic) bond motifs is 1. The maximum atomic E-state index is 6.16. The number of piperidine rings is 1. The molecule has 1 unspecified atom stereocenters. The zero-order valence-corrected chi connectivity index (χ0v) is 20.1. The molecular formula is C22H36IN3O2. The van der Waals surface area contributed by atoms with E-state index in [1.165, 1.54) is 5.56 Å². The van der Waals surface area contributed by atoms with E-state index in [2.05, 4.69) is 56.1 Å². The van der Waals surface area contributed by atoms with Crippen molar-refractivity contribution in [2.75, 3.05) is 32.8 Å². The lowest BCUT2D eigenvalue weighted by Crippen LogP contribution is -2.48. The quantitative estimate of drug-likeness (QED) is 0.377. The molecule has 0 aromatic heterocycles. The molecule has 158 valence electrons. The highest BCUT2D eigenvalue weighted by atomic mass is 127. The maximum absolute atomic E-state index is 6.16. The number of para-hydroxylation sites is 1. The number of rotatable bonds is 4. The summed E-state index contributed by atoms with van der Waals surface area (Å²) in [7, 11) is 0. The minimum Gasteiger partial charge on any atom is -0.493 e. The van der Waals surface area contributed by atoms with E-state index in [4.69, 9.17) is 14.5 Å². The van der Waals surface area contributed by atoms with Gasteiger partial charge in [-0.1, -0.05) is 18.2 Å². The number of guanidine groups is 1. The van der Waals surface area contributed by atoms with Gasteiger partial charge in [0.15, 0.2) is 5.96 Å². The summed E-state index contributed by atoms with van der Waals surface area (Å²) in [5, 5.41) is 3.48. The highest BCUT2D eigenvalue weighted by Crippen LogP contribution is 2.33. The van der Waals surface area contributed by atoms with Gasteiger partial charge in [0.25, 0.3) is 0 Å². The minimum absolute atomic E-state index is 0. The lowest BCUT2D eigenvalue weighted by Gasteiger charge is -2.37. The van der Waals surface area contributed by atoms with Crippen molar-refractivity contribution in [3.63, 3.8) is 0 Å². The molecule has 2 heterocycles. The van der Waals surface area contributed by atoms with E-state index >= 15 is 0 Å². The van der Waals surface area contributed by atoms with Crippen molar-refractivity contribution in [1.82, 2.24) is 10.2 Å². The number of likely N-dealkylation sites (tertiary alicyclic amines) is 1. The summed E-state index contributed by atoms with van der Waals surface area (Å²) in [4.78, 5) is 7.38. The van der Waals surface area contributed by atoms with E-state index < -0.39 is 0 Å². The van der Waals surface area contributed by atoms with Gasteiger partial charge in [0, 0.05) is 32.1 Å². The Kier molecular flexibility index (Phi) is 8.86. The predicted octanol–water partition coefficient (Wildman–Crippen LogP) is 4.42. The molecular weight excluding hydrogens is 465 g/mol. The number of aliphatic imine (C=N–C) groups is 1. The molecule has 0 saturated carbocycles. The third kappa shape index (κ3) is 6.51. The van der Waals surface area contributed by atoms with Crippen LogP contribution in [0.4, 0.5) is 0 Å². The van der Waals surface area contributed by atoms with Crippen molar-refractivity contribution in [3.8, 4) is 5.75 Å². The average molecular weight is 501 g/mol. The molecule has 2 aliphatic rings. The Hall–Kier alpha value is -1.02. The van der Waals surface area contributed by atoms with Crippen LogP contribution in [0.3, 0.4) is 0 Å². The lowest BCUT2D eigenvalue weighted by atomic mass is 9.93. The zero-order chi connectivity index (χ0) is 19.3. The molecule has 1 atom stereocenters. The van der Waals surface area contributed by atoms with Crippen molar-refractivity contribution in [2.45, 2.75) is 64.6 Å². The highest BCUT2D eigenvalue weighted by molar-refractivity contribution is 14.0. The van der Waals surface area contributed by atoms with E-state index in [1.54, 1.807) is 0 Å². The largest absolute Gasteiger partial charge is 0.493 e. The van der Waals surface area contributed by atoms with E-state index in [0.717, 1.165) is 63.8 Å². The summed E-state index contributed by atoms with van der Waals surface area (Å²) in [6, 6.07) is 8.38. The van der Waals surface area contributed by atoms with Crippen LogP contribution in [0.1, 0.15) is 58.4 Å². The van der Waals surface area contributed by atoms with Crippen LogP contribution in [0.15, 0.2) is 29.3 Å². The van der Waals surface area contributed by atoms with Crippen LogP contribution >= 0.6 is 24.0 Å². The van der Waals surface area contributed by atoms with Crippen molar-refractivity contribution in [2.24, 2.45) is 4.99 Å². The number of nitrogens with one attached hydrogen (secondary N) is 1. The fourth-order valence-electron chi connectivity index (χ4n) is 3.91. The average Bonchev–Trinajstić information content (AvgIpc) is 2.64. The molecule has 0 bridgehead atoms. The molecule has 0 radical (unpaired) electrons. The van der Waals surface area contributed by atoms with Crippen LogP contribution in [0.2, 0.25) is 0 Å². The second kappa shape index (κ2) is 10.7. The first kappa shape index (κ1) is 23.3. The molecule has 6 heteroatoms. The fourth-order valence-corrected chi connectivity index (χ4v) is 3.91. The van der Waals surface area contributed by atoms with Gasteiger partial charge in [0.1, 0.15) is 5.75 Å². The number of hydrogen-bond acceptors (Lipinski definition) is 3. The normalized spacial score (nSPS) is 20.8. The minimum atomic E-state index is -0.0676. The van der Waals surface area contributed by atoms with Crippen LogP contribution in [-0.2, 0) is 4.74 Å². The smallest absolute Gasteiger partial charge is 0.193 e. The van der Waals surface area contributed by atoms with Gasteiger partial charge >= 0.3 is 0 Å². The molecule has 1 aromatic carbocycles. The number of hydrogen-bond donors (Lipinski definition) is 1. The summed E-state index contributed by atoms with van der Waals surface area (Å²) >= 11 is 0. The molecule has 28 heavy (non-hydrogen) atoms. The third-order valence-corrected chi connectivity index (χ3v) is 5.14. The fraction of sp³-hybridized carbons (Fsp3) is 0.682. The molecule has 0 amide bonds. The SMILES string of the molecule is CCNC(=NCC1CCOc2ccccc21)N1CCC(OC(C)(C)C)CC1.I. The van der Waals surface area contributed by atoms with Crippen molar-refractivity contribution in [3.05, 3.63) is 29.8 Å². The monoisotopic (exact) mass is 501 g/mol. The Morgan fingerprint density at radius 3 is 2.61 bits per heavy atom. The Balaban J connectivity index is 0.00000280. The second-order valence-corrected chi connectivity index (χ2v) is 8.48. The number of benzene rings is 1. The molecule has 3 rings (SSSR count). The van der Waals surface area contributed by atoms with Crippen molar-refractivity contribution in [1.29, 1.82) is 0 Å². The highest BCUT2D eigenvalue weighted by Gasteiger charge is 2.26. The summed E-state index contributed by atoms with van der Waals surface area (Å²) in [5.41, 5.74) is 1.22. The number of ether oxygens (including phenoxy) is 2. The molecule has 1 aromatic rings. The van der Waals surface area contributed by atoms with Crippen LogP contribution in [-0.4, -0.2) is 55.4 Å². The van der Waals surface area contributed by atoms with Crippen LogP contribution in [0.5, 0.6) is 5.75 Å². The van der Waals surface area contributed by atoms with Crippen molar-refractivity contribution >= 4 is 29.9 Å². The van der Waals surface area contributed by atoms with Crippen molar-refractivity contribution < 1.29 is 9.47 Å². The van der Waals surface area contributed by atoms with E-state index in [-0.39, 0.29) is 29.6 Å². The van der Waals surface area contributed by atoms with Gasteiger partial charge in [-0.05, 0) is 58.6 Å². The Labute approximate surface area is 187 Å². The standard InChI is InChI=1S/C22H35N3O2.HI/c1-5-23-21(25-13-10-18(11-14-25)27-22(2,3)4)24-16-17-12-15-26-20-9-7-6-8-19(17)20;/h6-9,17-18H,5,10-16H2,1-4H3,(H,23,24);1H. The van der Waals surface area contributed by atoms with Gasteiger partial charge in [0.05, 0.1) is 18.3 Å². The predicted molar refractivity (Wildman–Crippen MR) is 126 cm³/mol. The van der Waals surface area contributed by atoms with Gasteiger partial charge in [0.2, 0.25) is 0 Å². The number of nitrogens with zero attached hydrogens (tertiary/aromatic N) is 2. The van der Waals surface area contributed by atoms with E-state index in [0.29, 0.717) is 12.0 Å². The second-order valence-electron chi connectivity index (χ2n) is 8.48. The molecule has 1 fully saturated rings. The summed E-state index contributed by atoms with van der Waals surface area (Å²) < 4.78 is 11.9. The van der Waals surface area contributed by atoms with Gasteiger partial charge in [-0.25, -0.2) is 0 Å². The van der Waals surface area contributed by atoms with Crippen LogP contribution < -0.4 is 10.1 Å². The first-order valence-electron chi connectivity index (χ1n) is 10.4. The van der Waals surface area contributed by atoms with Gasteiger partial charge in [-0.2, -0.15) is 0 Å². The Morgan fingerprint density at radius 2 is 1.93 bits per heavy atom. The first-order valence-corrected chi connectivity index (χ1v) is 10.4. The third-order valence-electron chi connectivity index (χ3n) is 5.14. The summed E-state index contributed by atoms with van der Waals surface area (Å²) in [5.74, 6) is 2.50. The van der Waals surface area contributed by atoms with Crippen LogP contribution in [0.25, 0.3) is 0 Å². The van der Waals surface area contributed by atoms with Gasteiger partial charge < -0.3 is 19.7 Å². The molecule has 1 saturated heterocycles. The zero-order valence-electron chi connectivity index (χ0n) is 17.7. The molecule has 5 nitrogen and oxygen atoms in total. The first-order chi connectivity index (χ1) is 13.0. The Bertz CT molecular complexity index is 637. The van der Waals surface area contributed by atoms with Crippen LogP contribution in [0, 0.1) is 0 Å². The van der Waals surface area contributed by atoms with Gasteiger partial charge in [-0.15, -0.1) is 24.0 Å². The summed E-state index contributed by atoms with van der Waals surface area (Å²) in [6.45, 7) is 13.0.